The van der Waals surface area contributed by atoms with Gasteiger partial charge in [-0.25, -0.2) is 0 Å². The molecule has 94 valence electrons. The topological polar surface area (TPSA) is 43.1 Å². The van der Waals surface area contributed by atoms with Crippen LogP contribution in [0.3, 0.4) is 0 Å². The van der Waals surface area contributed by atoms with Crippen LogP contribution in [0, 0.1) is 0 Å². The highest BCUT2D eigenvalue weighted by atomic mass is 16.1. The van der Waals surface area contributed by atoms with Crippen molar-refractivity contribution in [3.05, 3.63) is 35.4 Å². The maximum absolute atomic E-state index is 11.9. The van der Waals surface area contributed by atoms with Crippen molar-refractivity contribution in [2.24, 2.45) is 5.73 Å². The van der Waals surface area contributed by atoms with Crippen LogP contribution in [0.25, 0.3) is 0 Å². The van der Waals surface area contributed by atoms with Gasteiger partial charge in [0, 0.05) is 18.0 Å². The molecule has 1 aromatic carbocycles. The predicted octanol–water partition coefficient (Wildman–Crippen LogP) is 3.34. The second kappa shape index (κ2) is 7.23. The minimum Gasteiger partial charge on any atom is -0.328 e. The fourth-order valence-electron chi connectivity index (χ4n) is 1.92. The van der Waals surface area contributed by atoms with Gasteiger partial charge in [-0.3, -0.25) is 4.79 Å². The number of rotatable bonds is 7. The van der Waals surface area contributed by atoms with Crippen molar-refractivity contribution in [1.29, 1.82) is 0 Å². The Morgan fingerprint density at radius 1 is 1.41 bits per heavy atom. The number of hydrogen-bond acceptors (Lipinski definition) is 2. The second-order valence-corrected chi connectivity index (χ2v) is 4.74. The van der Waals surface area contributed by atoms with Crippen LogP contribution < -0.4 is 5.73 Å². The first-order valence-electron chi connectivity index (χ1n) is 6.51. The maximum atomic E-state index is 11.9. The molecule has 0 fully saturated rings. The Labute approximate surface area is 104 Å². The first-order valence-corrected chi connectivity index (χ1v) is 6.51. The lowest BCUT2D eigenvalue weighted by molar-refractivity contribution is 0.0979. The van der Waals surface area contributed by atoms with E-state index in [4.69, 9.17) is 5.73 Å². The van der Waals surface area contributed by atoms with E-state index in [1.54, 1.807) is 0 Å². The molecule has 0 spiro atoms. The molecule has 17 heavy (non-hydrogen) atoms. The Balaban J connectivity index is 2.53. The number of hydrogen-bond donors (Lipinski definition) is 1. The number of Topliss-reactive ketones (excluding diaryl/α,β-unsaturated/α-hetero) is 1. The molecule has 1 rings (SSSR count). The number of benzene rings is 1. The molecule has 0 aliphatic heterocycles. The van der Waals surface area contributed by atoms with Crippen LogP contribution in [0.5, 0.6) is 0 Å². The van der Waals surface area contributed by atoms with Gasteiger partial charge in [-0.15, -0.1) is 0 Å². The standard InChI is InChI=1S/C15H23NO/c1-3-6-13-8-5-9-14(11-13)15(17)10-4-7-12(2)16/h5,8-9,11-12H,3-4,6-7,10,16H2,1-2H3. The van der Waals surface area contributed by atoms with E-state index in [1.165, 1.54) is 5.56 Å². The van der Waals surface area contributed by atoms with Gasteiger partial charge in [0.25, 0.3) is 0 Å². The Kier molecular flexibility index (Phi) is 5.92. The number of aryl methyl sites for hydroxylation is 1. The Morgan fingerprint density at radius 3 is 2.82 bits per heavy atom. The minimum absolute atomic E-state index is 0.189. The molecule has 2 heteroatoms. The first-order chi connectivity index (χ1) is 8.13. The summed E-state index contributed by atoms with van der Waals surface area (Å²) in [6, 6.07) is 8.19. The van der Waals surface area contributed by atoms with E-state index in [2.05, 4.69) is 13.0 Å². The monoisotopic (exact) mass is 233 g/mol. The molecule has 0 aliphatic carbocycles. The van der Waals surface area contributed by atoms with E-state index in [0.29, 0.717) is 6.42 Å². The molecule has 1 atom stereocenters. The number of ketones is 1. The molecule has 2 nitrogen and oxygen atoms in total. The van der Waals surface area contributed by atoms with E-state index in [-0.39, 0.29) is 11.8 Å². The Bertz CT molecular complexity index is 358. The number of carbonyl (C=O) groups excluding carboxylic acids is 1. The van der Waals surface area contributed by atoms with Gasteiger partial charge < -0.3 is 5.73 Å². The van der Waals surface area contributed by atoms with Crippen molar-refractivity contribution >= 4 is 5.78 Å². The summed E-state index contributed by atoms with van der Waals surface area (Å²) in [6.07, 6.45) is 4.56. The molecule has 0 aliphatic rings. The molecule has 0 amide bonds. The van der Waals surface area contributed by atoms with Gasteiger partial charge in [-0.1, -0.05) is 31.5 Å². The van der Waals surface area contributed by atoms with Crippen LogP contribution in [0.4, 0.5) is 0 Å². The molecule has 0 saturated carbocycles. The van der Waals surface area contributed by atoms with Gasteiger partial charge in [0.2, 0.25) is 0 Å². The van der Waals surface area contributed by atoms with Crippen LogP contribution in [0.1, 0.15) is 55.5 Å². The highest BCUT2D eigenvalue weighted by molar-refractivity contribution is 5.96. The van der Waals surface area contributed by atoms with Crippen molar-refractivity contribution < 1.29 is 4.79 Å². The zero-order valence-corrected chi connectivity index (χ0v) is 10.9. The van der Waals surface area contributed by atoms with E-state index >= 15 is 0 Å². The van der Waals surface area contributed by atoms with Gasteiger partial charge in [-0.2, -0.15) is 0 Å². The third-order valence-corrected chi connectivity index (χ3v) is 2.85. The van der Waals surface area contributed by atoms with Crippen LogP contribution in [-0.4, -0.2) is 11.8 Å². The van der Waals surface area contributed by atoms with Crippen molar-refractivity contribution in [3.8, 4) is 0 Å². The average Bonchev–Trinajstić information content (AvgIpc) is 2.29. The van der Waals surface area contributed by atoms with E-state index in [1.807, 2.05) is 25.1 Å². The highest BCUT2D eigenvalue weighted by Crippen LogP contribution is 2.11. The predicted molar refractivity (Wildman–Crippen MR) is 72.3 cm³/mol. The molecule has 0 heterocycles. The Morgan fingerprint density at radius 2 is 2.18 bits per heavy atom. The summed E-state index contributed by atoms with van der Waals surface area (Å²) in [5.41, 5.74) is 7.77. The fraction of sp³-hybridized carbons (Fsp3) is 0.533. The molecule has 2 N–H and O–H groups in total. The largest absolute Gasteiger partial charge is 0.328 e. The summed E-state index contributed by atoms with van der Waals surface area (Å²) in [7, 11) is 0. The molecule has 0 radical (unpaired) electrons. The maximum Gasteiger partial charge on any atom is 0.162 e. The fourth-order valence-corrected chi connectivity index (χ4v) is 1.92. The molecule has 0 bridgehead atoms. The van der Waals surface area contributed by atoms with Gasteiger partial charge in [0.05, 0.1) is 0 Å². The van der Waals surface area contributed by atoms with Gasteiger partial charge in [0.1, 0.15) is 0 Å². The zero-order chi connectivity index (χ0) is 12.7. The first kappa shape index (κ1) is 13.9. The third-order valence-electron chi connectivity index (χ3n) is 2.85. The normalized spacial score (nSPS) is 12.4. The SMILES string of the molecule is CCCc1cccc(C(=O)CCCC(C)N)c1. The van der Waals surface area contributed by atoms with E-state index in [9.17, 15) is 4.79 Å². The van der Waals surface area contributed by atoms with Crippen molar-refractivity contribution in [2.45, 2.75) is 52.0 Å². The molecule has 0 saturated heterocycles. The lowest BCUT2D eigenvalue weighted by Crippen LogP contribution is -2.14. The summed E-state index contributed by atoms with van der Waals surface area (Å²) < 4.78 is 0. The molecule has 1 aromatic rings. The third kappa shape index (κ3) is 5.14. The number of carbonyl (C=O) groups is 1. The van der Waals surface area contributed by atoms with Crippen molar-refractivity contribution in [1.82, 2.24) is 0 Å². The molecular weight excluding hydrogens is 210 g/mol. The van der Waals surface area contributed by atoms with E-state index < -0.39 is 0 Å². The van der Waals surface area contributed by atoms with Crippen molar-refractivity contribution in [2.75, 3.05) is 0 Å². The van der Waals surface area contributed by atoms with Crippen LogP contribution in [-0.2, 0) is 6.42 Å². The van der Waals surface area contributed by atoms with Gasteiger partial charge in [0.15, 0.2) is 5.78 Å². The minimum atomic E-state index is 0.189. The van der Waals surface area contributed by atoms with E-state index in [0.717, 1.165) is 31.2 Å². The van der Waals surface area contributed by atoms with Crippen LogP contribution >= 0.6 is 0 Å². The lowest BCUT2D eigenvalue weighted by atomic mass is 10.0. The summed E-state index contributed by atoms with van der Waals surface area (Å²) in [5, 5.41) is 0. The Hall–Kier alpha value is -1.15. The van der Waals surface area contributed by atoms with Gasteiger partial charge in [-0.05, 0) is 37.8 Å². The van der Waals surface area contributed by atoms with Crippen LogP contribution in [0.2, 0.25) is 0 Å². The lowest BCUT2D eigenvalue weighted by Gasteiger charge is -2.05. The zero-order valence-electron chi connectivity index (χ0n) is 10.9. The average molecular weight is 233 g/mol. The van der Waals surface area contributed by atoms with Crippen molar-refractivity contribution in [3.63, 3.8) is 0 Å². The van der Waals surface area contributed by atoms with Crippen LogP contribution in [0.15, 0.2) is 24.3 Å². The highest BCUT2D eigenvalue weighted by Gasteiger charge is 2.06. The molecule has 0 aromatic heterocycles. The second-order valence-electron chi connectivity index (χ2n) is 4.74. The quantitative estimate of drug-likeness (QED) is 0.734. The smallest absolute Gasteiger partial charge is 0.162 e. The summed E-state index contributed by atoms with van der Waals surface area (Å²) in [5.74, 6) is 0.239. The number of nitrogens with two attached hydrogens (primary N) is 1. The molecule has 1 unspecified atom stereocenters. The summed E-state index contributed by atoms with van der Waals surface area (Å²) in [6.45, 7) is 4.13. The summed E-state index contributed by atoms with van der Waals surface area (Å²) >= 11 is 0. The molecular formula is C15H23NO. The van der Waals surface area contributed by atoms with Gasteiger partial charge >= 0.3 is 0 Å². The summed E-state index contributed by atoms with van der Waals surface area (Å²) in [4.78, 5) is 11.9.